The number of benzene rings is 1. The number of fused-ring (bicyclic) bond motifs is 1. The number of rotatable bonds is 1. The van der Waals surface area contributed by atoms with Gasteiger partial charge in [0, 0.05) is 42.4 Å². The first-order valence-corrected chi connectivity index (χ1v) is 8.27. The average Bonchev–Trinajstić information content (AvgIpc) is 3.04. The molecule has 0 saturated carbocycles. The molecule has 2 aliphatic heterocycles. The van der Waals surface area contributed by atoms with Gasteiger partial charge in [0.05, 0.1) is 5.60 Å². The molecule has 4 nitrogen and oxygen atoms in total. The number of likely N-dealkylation sites (tertiary alicyclic amines) is 1. The van der Waals surface area contributed by atoms with E-state index in [-0.39, 0.29) is 11.5 Å². The fourth-order valence-electron chi connectivity index (χ4n) is 3.86. The van der Waals surface area contributed by atoms with Gasteiger partial charge in [-0.25, -0.2) is 0 Å². The van der Waals surface area contributed by atoms with E-state index in [1.807, 2.05) is 35.4 Å². The van der Waals surface area contributed by atoms with Gasteiger partial charge in [-0.05, 0) is 50.3 Å². The molecule has 0 atom stereocenters. The molecule has 0 unspecified atom stereocenters. The van der Waals surface area contributed by atoms with E-state index >= 15 is 0 Å². The molecule has 22 heavy (non-hydrogen) atoms. The molecule has 1 spiro atoms. The van der Waals surface area contributed by atoms with Crippen molar-refractivity contribution in [2.24, 2.45) is 0 Å². The topological polar surface area (TPSA) is 45.3 Å². The van der Waals surface area contributed by atoms with E-state index in [0.29, 0.717) is 0 Å². The van der Waals surface area contributed by atoms with Crippen LogP contribution >= 0.6 is 0 Å². The molecule has 2 aliphatic rings. The third-order valence-electron chi connectivity index (χ3n) is 5.22. The summed E-state index contributed by atoms with van der Waals surface area (Å²) in [6.45, 7) is 2.50. The summed E-state index contributed by atoms with van der Waals surface area (Å²) in [6.07, 6.45) is 7.44. The van der Waals surface area contributed by atoms with Crippen LogP contribution in [0.15, 0.2) is 30.5 Å². The minimum Gasteiger partial charge on any atom is -0.375 e. The fraction of sp³-hybridized carbons (Fsp3) is 0.500. The Morgan fingerprint density at radius 1 is 1.14 bits per heavy atom. The second-order valence-electron chi connectivity index (χ2n) is 6.53. The van der Waals surface area contributed by atoms with Gasteiger partial charge in [0.1, 0.15) is 0 Å². The summed E-state index contributed by atoms with van der Waals surface area (Å²) >= 11 is 0. The van der Waals surface area contributed by atoms with Gasteiger partial charge in [-0.3, -0.25) is 4.79 Å². The Morgan fingerprint density at radius 3 is 2.77 bits per heavy atom. The number of aromatic nitrogens is 1. The molecule has 4 heteroatoms. The maximum Gasteiger partial charge on any atom is 0.254 e. The van der Waals surface area contributed by atoms with Crippen LogP contribution in [0.3, 0.4) is 0 Å². The number of aromatic amines is 1. The zero-order valence-electron chi connectivity index (χ0n) is 12.8. The second-order valence-corrected chi connectivity index (χ2v) is 6.53. The monoisotopic (exact) mass is 298 g/mol. The Morgan fingerprint density at radius 2 is 2.00 bits per heavy atom. The molecule has 2 fully saturated rings. The van der Waals surface area contributed by atoms with Crippen LogP contribution in [0.5, 0.6) is 0 Å². The van der Waals surface area contributed by atoms with Crippen molar-refractivity contribution in [3.8, 4) is 0 Å². The smallest absolute Gasteiger partial charge is 0.254 e. The van der Waals surface area contributed by atoms with Crippen molar-refractivity contribution < 1.29 is 9.53 Å². The zero-order valence-corrected chi connectivity index (χ0v) is 12.8. The van der Waals surface area contributed by atoms with Crippen molar-refractivity contribution in [1.82, 2.24) is 9.88 Å². The highest BCUT2D eigenvalue weighted by Gasteiger charge is 2.38. The molecule has 1 N–H and O–H groups in total. The van der Waals surface area contributed by atoms with Crippen molar-refractivity contribution in [3.05, 3.63) is 36.0 Å². The predicted molar refractivity (Wildman–Crippen MR) is 86.0 cm³/mol. The van der Waals surface area contributed by atoms with Crippen LogP contribution in [-0.2, 0) is 4.74 Å². The Hall–Kier alpha value is -1.81. The third-order valence-corrected chi connectivity index (χ3v) is 5.22. The summed E-state index contributed by atoms with van der Waals surface area (Å²) < 4.78 is 6.06. The highest BCUT2D eigenvalue weighted by molar-refractivity contribution is 6.06. The van der Waals surface area contributed by atoms with Crippen LogP contribution in [0.25, 0.3) is 10.9 Å². The molecule has 116 valence electrons. The largest absolute Gasteiger partial charge is 0.375 e. The van der Waals surface area contributed by atoms with Crippen LogP contribution in [0.1, 0.15) is 42.5 Å². The molecule has 1 aromatic heterocycles. The number of nitrogens with one attached hydrogen (secondary N) is 1. The van der Waals surface area contributed by atoms with Crippen molar-refractivity contribution in [2.45, 2.75) is 37.7 Å². The molecule has 0 aliphatic carbocycles. The molecule has 1 aromatic carbocycles. The number of nitrogens with zero attached hydrogens (tertiary/aromatic N) is 1. The van der Waals surface area contributed by atoms with Gasteiger partial charge in [-0.15, -0.1) is 0 Å². The van der Waals surface area contributed by atoms with Gasteiger partial charge in [0.15, 0.2) is 0 Å². The quantitative estimate of drug-likeness (QED) is 0.877. The lowest BCUT2D eigenvalue weighted by atomic mass is 9.84. The van der Waals surface area contributed by atoms with Crippen LogP contribution in [0.4, 0.5) is 0 Å². The first-order valence-electron chi connectivity index (χ1n) is 8.27. The lowest BCUT2D eigenvalue weighted by Crippen LogP contribution is -2.49. The van der Waals surface area contributed by atoms with Gasteiger partial charge in [0.25, 0.3) is 5.91 Å². The molecular formula is C18H22N2O2. The second kappa shape index (κ2) is 5.43. The standard InChI is InChI=1S/C18H22N2O2/c21-17(15-4-3-5-16-14(15)6-10-19-16)20-11-8-18(9-12-20)7-1-2-13-22-18/h3-6,10,19H,1-2,7-9,11-13H2. The Bertz CT molecular complexity index is 675. The zero-order chi connectivity index (χ0) is 15.0. The summed E-state index contributed by atoms with van der Waals surface area (Å²) in [5, 5.41) is 1.02. The Kier molecular flexibility index (Phi) is 3.41. The fourth-order valence-corrected chi connectivity index (χ4v) is 3.86. The maximum atomic E-state index is 12.9. The highest BCUT2D eigenvalue weighted by Crippen LogP contribution is 2.35. The van der Waals surface area contributed by atoms with Gasteiger partial charge in [0.2, 0.25) is 0 Å². The van der Waals surface area contributed by atoms with E-state index in [1.54, 1.807) is 0 Å². The van der Waals surface area contributed by atoms with E-state index in [4.69, 9.17) is 4.74 Å². The van der Waals surface area contributed by atoms with E-state index in [1.165, 1.54) is 12.8 Å². The van der Waals surface area contributed by atoms with Crippen molar-refractivity contribution in [2.75, 3.05) is 19.7 Å². The first kappa shape index (κ1) is 13.8. The number of piperidine rings is 1. The summed E-state index contributed by atoms with van der Waals surface area (Å²) in [5.74, 6) is 0.149. The van der Waals surface area contributed by atoms with Gasteiger partial charge in [-0.1, -0.05) is 6.07 Å². The van der Waals surface area contributed by atoms with E-state index in [9.17, 15) is 4.79 Å². The molecule has 2 aromatic rings. The van der Waals surface area contributed by atoms with Crippen molar-refractivity contribution in [1.29, 1.82) is 0 Å². The van der Waals surface area contributed by atoms with Crippen molar-refractivity contribution >= 4 is 16.8 Å². The first-order chi connectivity index (χ1) is 10.8. The number of hydrogen-bond acceptors (Lipinski definition) is 2. The summed E-state index contributed by atoms with van der Waals surface area (Å²) in [6, 6.07) is 7.87. The summed E-state index contributed by atoms with van der Waals surface area (Å²) in [5.41, 5.74) is 1.88. The van der Waals surface area contributed by atoms with Gasteiger partial charge in [-0.2, -0.15) is 0 Å². The van der Waals surface area contributed by atoms with Crippen LogP contribution in [0.2, 0.25) is 0 Å². The molecular weight excluding hydrogens is 276 g/mol. The number of carbonyl (C=O) groups excluding carboxylic acids is 1. The lowest BCUT2D eigenvalue weighted by Gasteiger charge is -2.44. The minimum atomic E-state index is 0.0507. The number of carbonyl (C=O) groups is 1. The lowest BCUT2D eigenvalue weighted by molar-refractivity contribution is -0.107. The summed E-state index contributed by atoms with van der Waals surface area (Å²) in [7, 11) is 0. The summed E-state index contributed by atoms with van der Waals surface area (Å²) in [4.78, 5) is 18.0. The Labute approximate surface area is 130 Å². The molecule has 2 saturated heterocycles. The predicted octanol–water partition coefficient (Wildman–Crippen LogP) is 3.34. The molecule has 1 amide bonds. The molecule has 3 heterocycles. The Balaban J connectivity index is 1.51. The molecule has 0 bridgehead atoms. The molecule has 0 radical (unpaired) electrons. The van der Waals surface area contributed by atoms with E-state index in [2.05, 4.69) is 4.98 Å². The van der Waals surface area contributed by atoms with Gasteiger partial charge >= 0.3 is 0 Å². The highest BCUT2D eigenvalue weighted by atomic mass is 16.5. The average molecular weight is 298 g/mol. The third kappa shape index (κ3) is 2.31. The molecule has 4 rings (SSSR count). The minimum absolute atomic E-state index is 0.0507. The number of amides is 1. The van der Waals surface area contributed by atoms with Crippen LogP contribution in [-0.4, -0.2) is 41.1 Å². The number of ether oxygens (including phenoxy) is 1. The SMILES string of the molecule is O=C(c1cccc2[nH]ccc12)N1CCC2(CCCCO2)CC1. The van der Waals surface area contributed by atoms with Gasteiger partial charge < -0.3 is 14.6 Å². The van der Waals surface area contributed by atoms with Crippen molar-refractivity contribution in [3.63, 3.8) is 0 Å². The van der Waals surface area contributed by atoms with E-state index < -0.39 is 0 Å². The van der Waals surface area contributed by atoms with E-state index in [0.717, 1.165) is 55.4 Å². The number of H-pyrrole nitrogens is 1. The number of hydrogen-bond donors (Lipinski definition) is 1. The van der Waals surface area contributed by atoms with Crippen LogP contribution < -0.4 is 0 Å². The normalized spacial score (nSPS) is 21.4. The maximum absolute atomic E-state index is 12.9. The van der Waals surface area contributed by atoms with Crippen LogP contribution in [0, 0.1) is 0 Å².